The number of anilines is 1. The van der Waals surface area contributed by atoms with E-state index in [2.05, 4.69) is 10.6 Å². The van der Waals surface area contributed by atoms with E-state index >= 15 is 0 Å². The van der Waals surface area contributed by atoms with Crippen molar-refractivity contribution in [2.24, 2.45) is 0 Å². The molecule has 1 saturated heterocycles. The molecule has 2 rings (SSSR count). The fourth-order valence-electron chi connectivity index (χ4n) is 3.59. The second-order valence-corrected chi connectivity index (χ2v) is 10.1. The van der Waals surface area contributed by atoms with Crippen LogP contribution in [0.2, 0.25) is 0 Å². The van der Waals surface area contributed by atoms with Gasteiger partial charge in [-0.15, -0.1) is 0 Å². The molecule has 1 aromatic carbocycles. The van der Waals surface area contributed by atoms with Gasteiger partial charge in [-0.05, 0) is 52.3 Å². The molecule has 2 amide bonds. The number of benzene rings is 1. The number of nitrogens with zero attached hydrogens (tertiary/aromatic N) is 1. The molecular formula is C19H29N3O4S. The third kappa shape index (κ3) is 6.04. The molecule has 0 radical (unpaired) electrons. The number of hydrogen-bond donors (Lipinski definition) is 2. The highest BCUT2D eigenvalue weighted by Crippen LogP contribution is 2.23. The van der Waals surface area contributed by atoms with Gasteiger partial charge in [-0.3, -0.25) is 14.5 Å². The van der Waals surface area contributed by atoms with Gasteiger partial charge in [0.25, 0.3) is 0 Å². The van der Waals surface area contributed by atoms with Gasteiger partial charge in [0, 0.05) is 5.69 Å². The molecule has 27 heavy (non-hydrogen) atoms. The van der Waals surface area contributed by atoms with Crippen molar-refractivity contribution in [1.29, 1.82) is 0 Å². The Morgan fingerprint density at radius 1 is 1.11 bits per heavy atom. The van der Waals surface area contributed by atoms with Crippen molar-refractivity contribution < 1.29 is 18.0 Å². The first-order valence-corrected chi connectivity index (χ1v) is 10.8. The standard InChI is InChI=1S/C19H29N3O4S/c1-13-8-14(2)18(15(3)9-13)20-16(23)10-22(5)11-17(24)21-19(4)6-7-27(25,26)12-19/h8-9H,6-7,10-12H2,1-5H3,(H,20,23)(H,21,24)/t19-/m0/s1. The van der Waals surface area contributed by atoms with E-state index in [4.69, 9.17) is 0 Å². The van der Waals surface area contributed by atoms with E-state index in [1.54, 1.807) is 18.9 Å². The van der Waals surface area contributed by atoms with E-state index in [9.17, 15) is 18.0 Å². The van der Waals surface area contributed by atoms with Crippen molar-refractivity contribution in [2.75, 3.05) is 37.0 Å². The molecule has 1 fully saturated rings. The molecule has 150 valence electrons. The first-order valence-electron chi connectivity index (χ1n) is 8.97. The molecule has 7 nitrogen and oxygen atoms in total. The van der Waals surface area contributed by atoms with Gasteiger partial charge < -0.3 is 10.6 Å². The number of likely N-dealkylation sites (N-methyl/N-ethyl adjacent to an activating group) is 1. The number of nitrogens with one attached hydrogen (secondary N) is 2. The number of aryl methyl sites for hydroxylation is 3. The number of carbonyl (C=O) groups excluding carboxylic acids is 2. The summed E-state index contributed by atoms with van der Waals surface area (Å²) in [5.74, 6) is -0.429. The molecule has 0 aromatic heterocycles. The summed E-state index contributed by atoms with van der Waals surface area (Å²) in [6, 6.07) is 4.02. The van der Waals surface area contributed by atoms with Crippen LogP contribution < -0.4 is 10.6 Å². The average Bonchev–Trinajstić information content (AvgIpc) is 2.75. The molecule has 0 bridgehead atoms. The minimum Gasteiger partial charge on any atom is -0.349 e. The number of rotatable bonds is 6. The van der Waals surface area contributed by atoms with E-state index in [0.717, 1.165) is 22.4 Å². The quantitative estimate of drug-likeness (QED) is 0.754. The van der Waals surface area contributed by atoms with Crippen molar-refractivity contribution >= 4 is 27.3 Å². The molecule has 8 heteroatoms. The van der Waals surface area contributed by atoms with Gasteiger partial charge in [-0.1, -0.05) is 17.7 Å². The van der Waals surface area contributed by atoms with Crippen LogP contribution in [-0.4, -0.2) is 62.3 Å². The highest BCUT2D eigenvalue weighted by atomic mass is 32.2. The van der Waals surface area contributed by atoms with Crippen molar-refractivity contribution in [2.45, 2.75) is 39.7 Å². The summed E-state index contributed by atoms with van der Waals surface area (Å²) in [4.78, 5) is 26.2. The van der Waals surface area contributed by atoms with Crippen molar-refractivity contribution in [1.82, 2.24) is 10.2 Å². The van der Waals surface area contributed by atoms with Crippen LogP contribution in [-0.2, 0) is 19.4 Å². The number of hydrogen-bond acceptors (Lipinski definition) is 5. The normalized spacial score (nSPS) is 21.3. The van der Waals surface area contributed by atoms with E-state index in [1.165, 1.54) is 0 Å². The average molecular weight is 396 g/mol. The lowest BCUT2D eigenvalue weighted by Gasteiger charge is -2.25. The highest BCUT2D eigenvalue weighted by Gasteiger charge is 2.39. The van der Waals surface area contributed by atoms with Crippen molar-refractivity contribution in [3.05, 3.63) is 28.8 Å². The van der Waals surface area contributed by atoms with Crippen molar-refractivity contribution in [3.63, 3.8) is 0 Å². The molecule has 0 unspecified atom stereocenters. The molecule has 2 N–H and O–H groups in total. The Labute approximate surface area is 161 Å². The first kappa shape index (κ1) is 21.4. The predicted octanol–water partition coefficient (Wildman–Crippen LogP) is 1.18. The highest BCUT2D eigenvalue weighted by molar-refractivity contribution is 7.91. The van der Waals surface area contributed by atoms with Crippen molar-refractivity contribution in [3.8, 4) is 0 Å². The Kier molecular flexibility index (Phi) is 6.32. The van der Waals surface area contributed by atoms with Crippen LogP contribution in [0.5, 0.6) is 0 Å². The lowest BCUT2D eigenvalue weighted by atomic mass is 10.0. The number of carbonyl (C=O) groups is 2. The lowest BCUT2D eigenvalue weighted by molar-refractivity contribution is -0.124. The Balaban J connectivity index is 1.87. The Morgan fingerprint density at radius 2 is 1.67 bits per heavy atom. The van der Waals surface area contributed by atoms with E-state index in [0.29, 0.717) is 6.42 Å². The predicted molar refractivity (Wildman–Crippen MR) is 107 cm³/mol. The van der Waals surface area contributed by atoms with Gasteiger partial charge in [0.2, 0.25) is 11.8 Å². The summed E-state index contributed by atoms with van der Waals surface area (Å²) in [5.41, 5.74) is 3.20. The van der Waals surface area contributed by atoms with Crippen LogP contribution in [0.4, 0.5) is 5.69 Å². The summed E-state index contributed by atoms with van der Waals surface area (Å²) in [5, 5.41) is 5.71. The topological polar surface area (TPSA) is 95.6 Å². The van der Waals surface area contributed by atoms with Gasteiger partial charge in [0.05, 0.1) is 30.1 Å². The molecule has 0 saturated carbocycles. The largest absolute Gasteiger partial charge is 0.349 e. The Bertz CT molecular complexity index is 828. The maximum absolute atomic E-state index is 12.3. The Morgan fingerprint density at radius 3 is 2.19 bits per heavy atom. The summed E-state index contributed by atoms with van der Waals surface area (Å²) >= 11 is 0. The second-order valence-electron chi connectivity index (χ2n) is 7.95. The minimum atomic E-state index is -3.09. The third-order valence-corrected chi connectivity index (χ3v) is 6.62. The summed E-state index contributed by atoms with van der Waals surface area (Å²) < 4.78 is 23.3. The van der Waals surface area contributed by atoms with Crippen LogP contribution in [0, 0.1) is 20.8 Å². The smallest absolute Gasteiger partial charge is 0.238 e. The minimum absolute atomic E-state index is 0.0227. The monoisotopic (exact) mass is 395 g/mol. The third-order valence-electron chi connectivity index (χ3n) is 4.71. The zero-order chi connectivity index (χ0) is 20.4. The maximum Gasteiger partial charge on any atom is 0.238 e. The summed E-state index contributed by atoms with van der Waals surface area (Å²) in [7, 11) is -1.40. The van der Waals surface area contributed by atoms with Crippen LogP contribution >= 0.6 is 0 Å². The van der Waals surface area contributed by atoms with Crippen LogP contribution in [0.3, 0.4) is 0 Å². The van der Waals surface area contributed by atoms with E-state index in [-0.39, 0.29) is 36.4 Å². The maximum atomic E-state index is 12.3. The van der Waals surface area contributed by atoms with Gasteiger partial charge >= 0.3 is 0 Å². The zero-order valence-electron chi connectivity index (χ0n) is 16.7. The fourth-order valence-corrected chi connectivity index (χ4v) is 5.68. The molecule has 0 spiro atoms. The molecule has 1 atom stereocenters. The van der Waals surface area contributed by atoms with E-state index < -0.39 is 15.4 Å². The van der Waals surface area contributed by atoms with Gasteiger partial charge in [0.1, 0.15) is 0 Å². The number of sulfone groups is 1. The molecule has 0 aliphatic carbocycles. The second kappa shape index (κ2) is 7.98. The Hall–Kier alpha value is -1.93. The molecule has 1 heterocycles. The molecule has 1 aliphatic rings. The molecular weight excluding hydrogens is 366 g/mol. The van der Waals surface area contributed by atoms with E-state index in [1.807, 2.05) is 32.9 Å². The number of amides is 2. The van der Waals surface area contributed by atoms with Crippen LogP contribution in [0.15, 0.2) is 12.1 Å². The van der Waals surface area contributed by atoms with Gasteiger partial charge in [-0.2, -0.15) is 0 Å². The molecule has 1 aliphatic heterocycles. The van der Waals surface area contributed by atoms with Gasteiger partial charge in [0.15, 0.2) is 9.84 Å². The summed E-state index contributed by atoms with van der Waals surface area (Å²) in [6.45, 7) is 7.73. The van der Waals surface area contributed by atoms with Crippen LogP contribution in [0.25, 0.3) is 0 Å². The first-order chi connectivity index (χ1) is 12.4. The molecule has 1 aromatic rings. The lowest BCUT2D eigenvalue weighted by Crippen LogP contribution is -2.50. The van der Waals surface area contributed by atoms with Gasteiger partial charge in [-0.25, -0.2) is 8.42 Å². The summed E-state index contributed by atoms with van der Waals surface area (Å²) in [6.07, 6.45) is 0.414. The SMILES string of the molecule is Cc1cc(C)c(NC(=O)CN(C)CC(=O)N[C@@]2(C)CCS(=O)(=O)C2)c(C)c1. The van der Waals surface area contributed by atoms with Crippen LogP contribution in [0.1, 0.15) is 30.0 Å². The fraction of sp³-hybridized carbons (Fsp3) is 0.579. The zero-order valence-corrected chi connectivity index (χ0v) is 17.5.